The molecule has 0 spiro atoms. The maximum absolute atomic E-state index is 13.3. The molecule has 0 aliphatic rings. The number of methoxy groups -OCH3 is 1. The third-order valence-electron chi connectivity index (χ3n) is 4.39. The van der Waals surface area contributed by atoms with Crippen molar-refractivity contribution in [3.8, 4) is 22.9 Å². The molecular formula is C22H17FIN3O2. The largest absolute Gasteiger partial charge is 0.493 e. The van der Waals surface area contributed by atoms with E-state index in [2.05, 4.69) is 32.6 Å². The van der Waals surface area contributed by atoms with Crippen LogP contribution in [0.2, 0.25) is 0 Å². The molecule has 0 aliphatic carbocycles. The molecule has 4 aromatic rings. The Kier molecular flexibility index (Phi) is 5.48. The van der Waals surface area contributed by atoms with E-state index in [-0.39, 0.29) is 12.4 Å². The summed E-state index contributed by atoms with van der Waals surface area (Å²) in [7, 11) is 1.56. The van der Waals surface area contributed by atoms with E-state index in [1.54, 1.807) is 31.4 Å². The lowest BCUT2D eigenvalue weighted by Gasteiger charge is -2.13. The third kappa shape index (κ3) is 4.24. The number of rotatable bonds is 5. The van der Waals surface area contributed by atoms with Crippen molar-refractivity contribution in [3.63, 3.8) is 0 Å². The summed E-state index contributed by atoms with van der Waals surface area (Å²) in [6.45, 7) is 0.228. The molecule has 2 N–H and O–H groups in total. The number of nitrogens with zero attached hydrogens (tertiary/aromatic N) is 2. The minimum atomic E-state index is -0.297. The van der Waals surface area contributed by atoms with Gasteiger partial charge in [0, 0.05) is 14.5 Å². The number of fused-ring (bicyclic) bond motifs is 1. The molecule has 4 rings (SSSR count). The molecule has 5 nitrogen and oxygen atoms in total. The summed E-state index contributed by atoms with van der Waals surface area (Å²) in [5.74, 6) is 1.71. The number of ether oxygens (including phenoxy) is 2. The molecule has 0 aliphatic heterocycles. The Labute approximate surface area is 180 Å². The number of nitrogen functional groups attached to an aromatic ring is 1. The van der Waals surface area contributed by atoms with Crippen molar-refractivity contribution in [1.29, 1.82) is 0 Å². The molecule has 146 valence electrons. The molecule has 29 heavy (non-hydrogen) atoms. The first-order valence-corrected chi connectivity index (χ1v) is 9.90. The Morgan fingerprint density at radius 3 is 2.66 bits per heavy atom. The first-order valence-electron chi connectivity index (χ1n) is 8.82. The van der Waals surface area contributed by atoms with Gasteiger partial charge in [-0.1, -0.05) is 12.1 Å². The van der Waals surface area contributed by atoms with Gasteiger partial charge in [0.15, 0.2) is 17.3 Å². The van der Waals surface area contributed by atoms with Crippen LogP contribution in [0, 0.1) is 9.39 Å². The van der Waals surface area contributed by atoms with Crippen LogP contribution in [0.4, 0.5) is 10.2 Å². The van der Waals surface area contributed by atoms with Crippen molar-refractivity contribution < 1.29 is 13.9 Å². The van der Waals surface area contributed by atoms with Gasteiger partial charge in [-0.05, 0) is 76.7 Å². The lowest BCUT2D eigenvalue weighted by Crippen LogP contribution is -2.00. The highest BCUT2D eigenvalue weighted by atomic mass is 127. The lowest BCUT2D eigenvalue weighted by molar-refractivity contribution is 0.284. The van der Waals surface area contributed by atoms with Crippen molar-refractivity contribution in [2.24, 2.45) is 0 Å². The van der Waals surface area contributed by atoms with Gasteiger partial charge in [-0.25, -0.2) is 14.4 Å². The Bertz CT molecular complexity index is 1200. The van der Waals surface area contributed by atoms with E-state index in [9.17, 15) is 4.39 Å². The SMILES string of the molecule is COc1cc(-c2nc(N)c3cc(I)ccc3n2)ccc1OCc1cccc(F)c1. The molecule has 0 amide bonds. The highest BCUT2D eigenvalue weighted by Gasteiger charge is 2.12. The minimum Gasteiger partial charge on any atom is -0.493 e. The van der Waals surface area contributed by atoms with E-state index < -0.39 is 0 Å². The van der Waals surface area contributed by atoms with E-state index in [4.69, 9.17) is 15.2 Å². The van der Waals surface area contributed by atoms with Crippen LogP contribution in [0.3, 0.4) is 0 Å². The standard InChI is InChI=1S/C22H17FIN3O2/c1-28-20-10-14(5-8-19(20)29-12-13-3-2-4-15(23)9-13)22-26-18-7-6-16(24)11-17(18)21(25)27-22/h2-11H,12H2,1H3,(H2,25,26,27). The molecule has 0 fully saturated rings. The molecular weight excluding hydrogens is 484 g/mol. The normalized spacial score (nSPS) is 10.9. The molecule has 0 atom stereocenters. The maximum Gasteiger partial charge on any atom is 0.162 e. The number of halogens is 2. The van der Waals surface area contributed by atoms with Gasteiger partial charge in [-0.3, -0.25) is 0 Å². The average Bonchev–Trinajstić information content (AvgIpc) is 2.72. The zero-order chi connectivity index (χ0) is 20.4. The van der Waals surface area contributed by atoms with Crippen LogP contribution < -0.4 is 15.2 Å². The van der Waals surface area contributed by atoms with E-state index in [0.717, 1.165) is 25.6 Å². The van der Waals surface area contributed by atoms with Crippen LogP contribution in [-0.4, -0.2) is 17.1 Å². The number of hydrogen-bond acceptors (Lipinski definition) is 5. The predicted octanol–water partition coefficient (Wildman–Crippen LogP) is 5.21. The van der Waals surface area contributed by atoms with Crippen molar-refractivity contribution in [3.05, 3.63) is 75.6 Å². The molecule has 7 heteroatoms. The van der Waals surface area contributed by atoms with Gasteiger partial charge < -0.3 is 15.2 Å². The first-order chi connectivity index (χ1) is 14.0. The summed E-state index contributed by atoms with van der Waals surface area (Å²) in [5.41, 5.74) is 8.41. The molecule has 0 saturated heterocycles. The Balaban J connectivity index is 1.64. The maximum atomic E-state index is 13.3. The van der Waals surface area contributed by atoms with Crippen molar-refractivity contribution >= 4 is 39.3 Å². The molecule has 0 saturated carbocycles. The molecule has 1 heterocycles. The number of aromatic nitrogens is 2. The highest BCUT2D eigenvalue weighted by molar-refractivity contribution is 14.1. The van der Waals surface area contributed by atoms with E-state index in [1.807, 2.05) is 24.3 Å². The predicted molar refractivity (Wildman–Crippen MR) is 119 cm³/mol. The van der Waals surface area contributed by atoms with Crippen molar-refractivity contribution in [1.82, 2.24) is 9.97 Å². The Morgan fingerprint density at radius 1 is 1.00 bits per heavy atom. The average molecular weight is 501 g/mol. The molecule has 1 aromatic heterocycles. The van der Waals surface area contributed by atoms with Gasteiger partial charge in [0.05, 0.1) is 12.6 Å². The van der Waals surface area contributed by atoms with Gasteiger partial charge in [0.25, 0.3) is 0 Å². The fraction of sp³-hybridized carbons (Fsp3) is 0.0909. The van der Waals surface area contributed by atoms with Crippen LogP contribution >= 0.6 is 22.6 Å². The second-order valence-electron chi connectivity index (χ2n) is 6.38. The summed E-state index contributed by atoms with van der Waals surface area (Å²) >= 11 is 2.23. The number of anilines is 1. The fourth-order valence-electron chi connectivity index (χ4n) is 2.97. The lowest BCUT2D eigenvalue weighted by atomic mass is 10.1. The molecule has 0 unspecified atom stereocenters. The van der Waals surface area contributed by atoms with Gasteiger partial charge in [0.2, 0.25) is 0 Å². The fourth-order valence-corrected chi connectivity index (χ4v) is 3.46. The summed E-state index contributed by atoms with van der Waals surface area (Å²) in [4.78, 5) is 9.07. The van der Waals surface area contributed by atoms with Crippen molar-refractivity contribution in [2.45, 2.75) is 6.61 Å². The van der Waals surface area contributed by atoms with E-state index in [1.165, 1.54) is 12.1 Å². The monoisotopic (exact) mass is 501 g/mol. The topological polar surface area (TPSA) is 70.3 Å². The number of nitrogens with two attached hydrogens (primary N) is 1. The van der Waals surface area contributed by atoms with Gasteiger partial charge in [-0.15, -0.1) is 0 Å². The zero-order valence-corrected chi connectivity index (χ0v) is 17.7. The minimum absolute atomic E-state index is 0.228. The Morgan fingerprint density at radius 2 is 1.86 bits per heavy atom. The van der Waals surface area contributed by atoms with Crippen molar-refractivity contribution in [2.75, 3.05) is 12.8 Å². The molecule has 0 radical (unpaired) electrons. The van der Waals surface area contributed by atoms with Crippen LogP contribution in [0.15, 0.2) is 60.7 Å². The van der Waals surface area contributed by atoms with Crippen LogP contribution in [-0.2, 0) is 6.61 Å². The van der Waals surface area contributed by atoms with Gasteiger partial charge >= 0.3 is 0 Å². The highest BCUT2D eigenvalue weighted by Crippen LogP contribution is 2.33. The quantitative estimate of drug-likeness (QED) is 0.381. The summed E-state index contributed by atoms with van der Waals surface area (Å²) < 4.78 is 25.7. The Hall–Kier alpha value is -2.94. The van der Waals surface area contributed by atoms with E-state index >= 15 is 0 Å². The second-order valence-corrected chi connectivity index (χ2v) is 7.62. The smallest absolute Gasteiger partial charge is 0.162 e. The van der Waals surface area contributed by atoms with E-state index in [0.29, 0.717) is 23.1 Å². The van der Waals surface area contributed by atoms with Gasteiger partial charge in [-0.2, -0.15) is 0 Å². The summed E-state index contributed by atoms with van der Waals surface area (Å²) in [6.07, 6.45) is 0. The second kappa shape index (κ2) is 8.20. The third-order valence-corrected chi connectivity index (χ3v) is 5.06. The number of hydrogen-bond donors (Lipinski definition) is 1. The van der Waals surface area contributed by atoms with Crippen LogP contribution in [0.5, 0.6) is 11.5 Å². The van der Waals surface area contributed by atoms with Gasteiger partial charge in [0.1, 0.15) is 18.2 Å². The van der Waals surface area contributed by atoms with Crippen LogP contribution in [0.25, 0.3) is 22.3 Å². The zero-order valence-electron chi connectivity index (χ0n) is 15.5. The summed E-state index contributed by atoms with van der Waals surface area (Å²) in [5, 5.41) is 0.822. The van der Waals surface area contributed by atoms with Crippen LogP contribution in [0.1, 0.15) is 5.56 Å². The number of benzene rings is 3. The molecule has 0 bridgehead atoms. The summed E-state index contributed by atoms with van der Waals surface area (Å²) in [6, 6.07) is 17.6. The molecule has 3 aromatic carbocycles. The first kappa shape index (κ1) is 19.4.